The van der Waals surface area contributed by atoms with Gasteiger partial charge in [-0.15, -0.1) is 0 Å². The number of rotatable bonds is 2. The zero-order valence-corrected chi connectivity index (χ0v) is 10.4. The van der Waals surface area contributed by atoms with Crippen LogP contribution >= 0.6 is 0 Å². The molecule has 19 heavy (non-hydrogen) atoms. The third-order valence-corrected chi connectivity index (χ3v) is 2.78. The van der Waals surface area contributed by atoms with Crippen LogP contribution in [0.5, 0.6) is 0 Å². The van der Waals surface area contributed by atoms with Crippen LogP contribution in [0.2, 0.25) is 0 Å². The van der Waals surface area contributed by atoms with Crippen molar-refractivity contribution in [2.75, 3.05) is 5.73 Å². The van der Waals surface area contributed by atoms with E-state index in [9.17, 15) is 0 Å². The Morgan fingerprint density at radius 3 is 2.89 bits per heavy atom. The fourth-order valence-electron chi connectivity index (χ4n) is 1.84. The lowest BCUT2D eigenvalue weighted by Gasteiger charge is -1.97. The average Bonchev–Trinajstić information content (AvgIpc) is 2.89. The minimum Gasteiger partial charge on any atom is -0.397 e. The van der Waals surface area contributed by atoms with Crippen LogP contribution < -0.4 is 5.73 Å². The van der Waals surface area contributed by atoms with Crippen LogP contribution in [0.1, 0.15) is 5.56 Å². The Morgan fingerprint density at radius 2 is 2.11 bits per heavy atom. The van der Waals surface area contributed by atoms with E-state index in [1.807, 2.05) is 31.2 Å². The molecule has 5 nitrogen and oxygen atoms in total. The Kier molecular flexibility index (Phi) is 2.72. The summed E-state index contributed by atoms with van der Waals surface area (Å²) < 4.78 is 5.26. The zero-order chi connectivity index (χ0) is 13.2. The summed E-state index contributed by atoms with van der Waals surface area (Å²) >= 11 is 0. The molecule has 0 bridgehead atoms. The molecule has 1 aromatic carbocycles. The lowest BCUT2D eigenvalue weighted by atomic mass is 10.1. The third-order valence-electron chi connectivity index (χ3n) is 2.78. The number of anilines is 1. The van der Waals surface area contributed by atoms with Gasteiger partial charge in [0.1, 0.15) is 0 Å². The molecule has 3 aromatic rings. The van der Waals surface area contributed by atoms with Crippen molar-refractivity contribution in [3.8, 4) is 22.8 Å². The second kappa shape index (κ2) is 4.53. The van der Waals surface area contributed by atoms with Gasteiger partial charge in [-0.2, -0.15) is 4.98 Å². The van der Waals surface area contributed by atoms with Gasteiger partial charge in [0.05, 0.1) is 17.4 Å². The van der Waals surface area contributed by atoms with Crippen molar-refractivity contribution >= 4 is 5.69 Å². The van der Waals surface area contributed by atoms with Crippen molar-refractivity contribution in [1.82, 2.24) is 15.1 Å². The summed E-state index contributed by atoms with van der Waals surface area (Å²) in [5.74, 6) is 0.950. The lowest BCUT2D eigenvalue weighted by molar-refractivity contribution is 0.432. The van der Waals surface area contributed by atoms with Crippen molar-refractivity contribution in [3.05, 3.63) is 48.3 Å². The SMILES string of the molecule is Cc1cccc(-c2noc(-c3ccncc3N)n2)c1. The molecule has 0 unspecified atom stereocenters. The maximum atomic E-state index is 5.83. The minimum absolute atomic E-state index is 0.399. The second-order valence-corrected chi connectivity index (χ2v) is 4.26. The summed E-state index contributed by atoms with van der Waals surface area (Å²) in [5, 5.41) is 3.98. The van der Waals surface area contributed by atoms with Gasteiger partial charge in [-0.05, 0) is 19.1 Å². The van der Waals surface area contributed by atoms with Gasteiger partial charge in [-0.3, -0.25) is 4.98 Å². The Labute approximate surface area is 110 Å². The van der Waals surface area contributed by atoms with Gasteiger partial charge in [-0.25, -0.2) is 0 Å². The van der Waals surface area contributed by atoms with Gasteiger partial charge >= 0.3 is 0 Å². The quantitative estimate of drug-likeness (QED) is 0.758. The van der Waals surface area contributed by atoms with E-state index in [0.717, 1.165) is 11.1 Å². The molecule has 0 aliphatic heterocycles. The summed E-state index contributed by atoms with van der Waals surface area (Å²) in [6, 6.07) is 9.68. The summed E-state index contributed by atoms with van der Waals surface area (Å²) in [7, 11) is 0. The van der Waals surface area contributed by atoms with Gasteiger partial charge in [-0.1, -0.05) is 28.9 Å². The molecule has 0 spiro atoms. The van der Waals surface area contributed by atoms with Crippen LogP contribution in [0.3, 0.4) is 0 Å². The van der Waals surface area contributed by atoms with Crippen LogP contribution in [0.15, 0.2) is 47.2 Å². The maximum absolute atomic E-state index is 5.83. The topological polar surface area (TPSA) is 77.8 Å². The molecule has 0 amide bonds. The third kappa shape index (κ3) is 2.18. The molecule has 0 aliphatic carbocycles. The smallest absolute Gasteiger partial charge is 0.260 e. The molecule has 3 rings (SSSR count). The monoisotopic (exact) mass is 252 g/mol. The van der Waals surface area contributed by atoms with Crippen molar-refractivity contribution in [3.63, 3.8) is 0 Å². The summed E-state index contributed by atoms with van der Waals surface area (Å²) in [6.45, 7) is 2.02. The molecule has 0 radical (unpaired) electrons. The molecule has 0 aliphatic rings. The van der Waals surface area contributed by atoms with Crippen LogP contribution in [0.25, 0.3) is 22.8 Å². The Morgan fingerprint density at radius 1 is 1.21 bits per heavy atom. The highest BCUT2D eigenvalue weighted by atomic mass is 16.5. The van der Waals surface area contributed by atoms with Crippen molar-refractivity contribution in [2.45, 2.75) is 6.92 Å². The fraction of sp³-hybridized carbons (Fsp3) is 0.0714. The van der Waals surface area contributed by atoms with Crippen molar-refractivity contribution < 1.29 is 4.52 Å². The first-order chi connectivity index (χ1) is 9.24. The molecule has 0 saturated carbocycles. The predicted molar refractivity (Wildman–Crippen MR) is 72.1 cm³/mol. The lowest BCUT2D eigenvalue weighted by Crippen LogP contribution is -1.90. The van der Waals surface area contributed by atoms with E-state index in [2.05, 4.69) is 15.1 Å². The number of hydrogen-bond acceptors (Lipinski definition) is 5. The summed E-state index contributed by atoms with van der Waals surface area (Å²) in [5.41, 5.74) is 9.11. The van der Waals surface area contributed by atoms with E-state index >= 15 is 0 Å². The first-order valence-corrected chi connectivity index (χ1v) is 5.84. The van der Waals surface area contributed by atoms with Crippen LogP contribution in [-0.4, -0.2) is 15.1 Å². The van der Waals surface area contributed by atoms with Gasteiger partial charge < -0.3 is 10.3 Å². The first kappa shape index (κ1) is 11.4. The predicted octanol–water partition coefficient (Wildman–Crippen LogP) is 2.69. The van der Waals surface area contributed by atoms with E-state index in [4.69, 9.17) is 10.3 Å². The Hall–Kier alpha value is -2.69. The fourth-order valence-corrected chi connectivity index (χ4v) is 1.84. The number of aryl methyl sites for hydroxylation is 1. The van der Waals surface area contributed by atoms with E-state index < -0.39 is 0 Å². The van der Waals surface area contributed by atoms with Crippen LogP contribution in [-0.2, 0) is 0 Å². The molecular formula is C14H12N4O. The molecular weight excluding hydrogens is 240 g/mol. The number of nitrogens with zero attached hydrogens (tertiary/aromatic N) is 3. The van der Waals surface area contributed by atoms with Crippen molar-refractivity contribution in [1.29, 1.82) is 0 Å². The van der Waals surface area contributed by atoms with E-state index in [1.165, 1.54) is 0 Å². The highest BCUT2D eigenvalue weighted by Crippen LogP contribution is 2.25. The first-order valence-electron chi connectivity index (χ1n) is 5.84. The molecule has 0 fully saturated rings. The normalized spacial score (nSPS) is 10.6. The maximum Gasteiger partial charge on any atom is 0.260 e. The molecule has 0 saturated heterocycles. The van der Waals surface area contributed by atoms with Crippen LogP contribution in [0, 0.1) is 6.92 Å². The highest BCUT2D eigenvalue weighted by molar-refractivity contribution is 5.70. The number of nitrogen functional groups attached to an aromatic ring is 1. The number of benzene rings is 1. The summed E-state index contributed by atoms with van der Waals surface area (Å²) in [4.78, 5) is 8.30. The number of hydrogen-bond donors (Lipinski definition) is 1. The molecule has 5 heteroatoms. The van der Waals surface area contributed by atoms with Crippen LogP contribution in [0.4, 0.5) is 5.69 Å². The number of pyridine rings is 1. The molecule has 2 heterocycles. The van der Waals surface area contributed by atoms with Gasteiger partial charge in [0.2, 0.25) is 5.82 Å². The van der Waals surface area contributed by atoms with E-state index in [0.29, 0.717) is 23.0 Å². The van der Waals surface area contributed by atoms with Gasteiger partial charge in [0.15, 0.2) is 0 Å². The largest absolute Gasteiger partial charge is 0.397 e. The van der Waals surface area contributed by atoms with Crippen molar-refractivity contribution in [2.24, 2.45) is 0 Å². The van der Waals surface area contributed by atoms with E-state index in [-0.39, 0.29) is 0 Å². The average molecular weight is 252 g/mol. The highest BCUT2D eigenvalue weighted by Gasteiger charge is 2.12. The summed E-state index contributed by atoms with van der Waals surface area (Å²) in [6.07, 6.45) is 3.20. The molecule has 2 N–H and O–H groups in total. The Bertz CT molecular complexity index is 721. The number of nitrogens with two attached hydrogens (primary N) is 1. The van der Waals surface area contributed by atoms with Gasteiger partial charge in [0.25, 0.3) is 5.89 Å². The van der Waals surface area contributed by atoms with Gasteiger partial charge in [0, 0.05) is 11.8 Å². The second-order valence-electron chi connectivity index (χ2n) is 4.26. The minimum atomic E-state index is 0.399. The number of aromatic nitrogens is 3. The van der Waals surface area contributed by atoms with E-state index in [1.54, 1.807) is 18.5 Å². The molecule has 0 atom stereocenters. The standard InChI is InChI=1S/C14H12N4O/c1-9-3-2-4-10(7-9)13-17-14(19-18-13)11-5-6-16-8-12(11)15/h2-8H,15H2,1H3. The molecule has 2 aromatic heterocycles. The zero-order valence-electron chi connectivity index (χ0n) is 10.4. The molecule has 94 valence electrons. The Balaban J connectivity index is 2.03.